The van der Waals surface area contributed by atoms with Crippen LogP contribution in [0.5, 0.6) is 5.75 Å². The van der Waals surface area contributed by atoms with Crippen LogP contribution in [0.4, 0.5) is 0 Å². The summed E-state index contributed by atoms with van der Waals surface area (Å²) in [6, 6.07) is 15.7. The largest absolute Gasteiger partial charge is 0.495 e. The number of ether oxygens (including phenoxy) is 2. The molecule has 0 atom stereocenters. The molecule has 2 aromatic carbocycles. The van der Waals surface area contributed by atoms with Gasteiger partial charge in [0.1, 0.15) is 10.6 Å². The fourth-order valence-corrected chi connectivity index (χ4v) is 3.61. The second-order valence-electron chi connectivity index (χ2n) is 4.50. The van der Waals surface area contributed by atoms with Gasteiger partial charge in [-0.15, -0.1) is 11.3 Å². The summed E-state index contributed by atoms with van der Waals surface area (Å²) in [5, 5.41) is 1.01. The summed E-state index contributed by atoms with van der Waals surface area (Å²) < 4.78 is 11.3. The minimum absolute atomic E-state index is 0.322. The average Bonchev–Trinajstić information content (AvgIpc) is 2.94. The van der Waals surface area contributed by atoms with E-state index in [1.54, 1.807) is 7.11 Å². The van der Waals surface area contributed by atoms with Crippen LogP contribution in [0.1, 0.15) is 9.67 Å². The number of hydrogen-bond acceptors (Lipinski definition) is 4. The van der Waals surface area contributed by atoms with Gasteiger partial charge in [0.2, 0.25) is 0 Å². The second kappa shape index (κ2) is 5.58. The zero-order valence-electron chi connectivity index (χ0n) is 11.8. The molecule has 0 aliphatic heterocycles. The summed E-state index contributed by atoms with van der Waals surface area (Å²) in [4.78, 5) is 12.7. The molecule has 0 saturated heterocycles. The first-order chi connectivity index (χ1) is 10.3. The molecule has 1 aromatic heterocycles. The third kappa shape index (κ3) is 2.28. The quantitative estimate of drug-likeness (QED) is 0.674. The van der Waals surface area contributed by atoms with E-state index in [-0.39, 0.29) is 5.97 Å². The smallest absolute Gasteiger partial charge is 0.348 e. The van der Waals surface area contributed by atoms with Crippen molar-refractivity contribution in [2.24, 2.45) is 0 Å². The highest BCUT2D eigenvalue weighted by Gasteiger charge is 2.21. The van der Waals surface area contributed by atoms with E-state index >= 15 is 0 Å². The van der Waals surface area contributed by atoms with Crippen molar-refractivity contribution in [2.75, 3.05) is 14.2 Å². The molecule has 3 aromatic rings. The van der Waals surface area contributed by atoms with Crippen LogP contribution in [0.15, 0.2) is 48.5 Å². The van der Waals surface area contributed by atoms with Crippen molar-refractivity contribution in [2.45, 2.75) is 0 Å². The SMILES string of the molecule is COC(=O)c1sc2c(OC)cccc2c1-c1ccccc1. The minimum atomic E-state index is -0.322. The molecular formula is C17H14O3S. The molecule has 21 heavy (non-hydrogen) atoms. The Bertz CT molecular complexity index is 790. The number of thiophene rings is 1. The third-order valence-corrected chi connectivity index (χ3v) is 4.53. The van der Waals surface area contributed by atoms with Gasteiger partial charge in [0, 0.05) is 10.9 Å². The molecule has 0 spiro atoms. The molecular weight excluding hydrogens is 284 g/mol. The second-order valence-corrected chi connectivity index (χ2v) is 5.52. The van der Waals surface area contributed by atoms with Gasteiger partial charge in [-0.1, -0.05) is 42.5 Å². The van der Waals surface area contributed by atoms with E-state index in [1.807, 2.05) is 48.5 Å². The van der Waals surface area contributed by atoms with Gasteiger partial charge in [0.15, 0.2) is 0 Å². The number of carbonyl (C=O) groups excluding carboxylic acids is 1. The van der Waals surface area contributed by atoms with Crippen molar-refractivity contribution in [3.05, 3.63) is 53.4 Å². The van der Waals surface area contributed by atoms with E-state index < -0.39 is 0 Å². The fraction of sp³-hybridized carbons (Fsp3) is 0.118. The number of methoxy groups -OCH3 is 2. The average molecular weight is 298 g/mol. The number of hydrogen-bond donors (Lipinski definition) is 0. The lowest BCUT2D eigenvalue weighted by molar-refractivity contribution is 0.0607. The van der Waals surface area contributed by atoms with Crippen LogP contribution in [-0.2, 0) is 4.74 Å². The first kappa shape index (κ1) is 13.6. The molecule has 0 amide bonds. The summed E-state index contributed by atoms with van der Waals surface area (Å²) in [5.74, 6) is 0.446. The van der Waals surface area contributed by atoms with Gasteiger partial charge in [0.25, 0.3) is 0 Å². The van der Waals surface area contributed by atoms with Crippen LogP contribution in [0.2, 0.25) is 0 Å². The Morgan fingerprint density at radius 2 is 1.76 bits per heavy atom. The van der Waals surface area contributed by atoms with Gasteiger partial charge in [-0.25, -0.2) is 4.79 Å². The monoisotopic (exact) mass is 298 g/mol. The van der Waals surface area contributed by atoms with Crippen LogP contribution in [-0.4, -0.2) is 20.2 Å². The van der Waals surface area contributed by atoms with E-state index in [4.69, 9.17) is 9.47 Å². The molecule has 3 rings (SSSR count). The van der Waals surface area contributed by atoms with Crippen molar-refractivity contribution in [1.82, 2.24) is 0 Å². The zero-order valence-corrected chi connectivity index (χ0v) is 12.6. The molecule has 0 fully saturated rings. The topological polar surface area (TPSA) is 35.5 Å². The molecule has 4 heteroatoms. The van der Waals surface area contributed by atoms with Gasteiger partial charge in [-0.05, 0) is 11.6 Å². The lowest BCUT2D eigenvalue weighted by atomic mass is 10.0. The number of benzene rings is 2. The van der Waals surface area contributed by atoms with Crippen molar-refractivity contribution in [1.29, 1.82) is 0 Å². The zero-order chi connectivity index (χ0) is 14.8. The maximum atomic E-state index is 12.1. The van der Waals surface area contributed by atoms with E-state index in [0.717, 1.165) is 27.0 Å². The maximum absolute atomic E-state index is 12.1. The molecule has 3 nitrogen and oxygen atoms in total. The number of esters is 1. The normalized spacial score (nSPS) is 10.6. The Balaban J connectivity index is 2.37. The molecule has 106 valence electrons. The Morgan fingerprint density at radius 1 is 1.00 bits per heavy atom. The highest BCUT2D eigenvalue weighted by atomic mass is 32.1. The molecule has 0 N–H and O–H groups in total. The molecule has 1 heterocycles. The van der Waals surface area contributed by atoms with Gasteiger partial charge in [-0.3, -0.25) is 0 Å². The minimum Gasteiger partial charge on any atom is -0.495 e. The molecule has 0 saturated carbocycles. The van der Waals surface area contributed by atoms with Crippen LogP contribution < -0.4 is 4.74 Å². The maximum Gasteiger partial charge on any atom is 0.348 e. The Morgan fingerprint density at radius 3 is 2.43 bits per heavy atom. The van der Waals surface area contributed by atoms with E-state index in [1.165, 1.54) is 18.4 Å². The van der Waals surface area contributed by atoms with Gasteiger partial charge < -0.3 is 9.47 Å². The Hall–Kier alpha value is -2.33. The van der Waals surface area contributed by atoms with Crippen LogP contribution >= 0.6 is 11.3 Å². The van der Waals surface area contributed by atoms with Gasteiger partial charge in [0.05, 0.1) is 18.9 Å². The first-order valence-electron chi connectivity index (χ1n) is 6.49. The van der Waals surface area contributed by atoms with Crippen molar-refractivity contribution < 1.29 is 14.3 Å². The molecule has 0 bridgehead atoms. The van der Waals surface area contributed by atoms with Crippen molar-refractivity contribution >= 4 is 27.4 Å². The summed E-state index contributed by atoms with van der Waals surface area (Å²) in [5.41, 5.74) is 1.90. The summed E-state index contributed by atoms with van der Waals surface area (Å²) in [6.07, 6.45) is 0. The van der Waals surface area contributed by atoms with Gasteiger partial charge >= 0.3 is 5.97 Å². The number of rotatable bonds is 3. The van der Waals surface area contributed by atoms with E-state index in [0.29, 0.717) is 4.88 Å². The lowest BCUT2D eigenvalue weighted by Crippen LogP contribution is -1.99. The van der Waals surface area contributed by atoms with E-state index in [9.17, 15) is 4.79 Å². The van der Waals surface area contributed by atoms with Gasteiger partial charge in [-0.2, -0.15) is 0 Å². The lowest BCUT2D eigenvalue weighted by Gasteiger charge is -2.04. The molecule has 0 radical (unpaired) electrons. The number of fused-ring (bicyclic) bond motifs is 1. The standard InChI is InChI=1S/C17H14O3S/c1-19-13-10-6-9-12-14(11-7-4-3-5-8-11)16(17(18)20-2)21-15(12)13/h3-10H,1-2H3. The van der Waals surface area contributed by atoms with Crippen molar-refractivity contribution in [3.63, 3.8) is 0 Å². The predicted molar refractivity (Wildman–Crippen MR) is 85.2 cm³/mol. The molecule has 0 unspecified atom stereocenters. The van der Waals surface area contributed by atoms with Crippen LogP contribution in [0.3, 0.4) is 0 Å². The summed E-state index contributed by atoms with van der Waals surface area (Å²) in [6.45, 7) is 0. The summed E-state index contributed by atoms with van der Waals surface area (Å²) in [7, 11) is 3.03. The highest BCUT2D eigenvalue weighted by Crippen LogP contribution is 2.42. The Labute approximate surface area is 126 Å². The third-order valence-electron chi connectivity index (χ3n) is 3.33. The number of carbonyl (C=O) groups is 1. The van der Waals surface area contributed by atoms with Crippen molar-refractivity contribution in [3.8, 4) is 16.9 Å². The van der Waals surface area contributed by atoms with Crippen LogP contribution in [0.25, 0.3) is 21.2 Å². The summed E-state index contributed by atoms with van der Waals surface area (Å²) >= 11 is 1.40. The highest BCUT2D eigenvalue weighted by molar-refractivity contribution is 7.21. The predicted octanol–water partition coefficient (Wildman–Crippen LogP) is 4.36. The Kier molecular flexibility index (Phi) is 3.62. The van der Waals surface area contributed by atoms with E-state index in [2.05, 4.69) is 0 Å². The first-order valence-corrected chi connectivity index (χ1v) is 7.31. The molecule has 0 aliphatic carbocycles. The molecule has 0 aliphatic rings. The fourth-order valence-electron chi connectivity index (χ4n) is 2.38. The van der Waals surface area contributed by atoms with Crippen LogP contribution in [0, 0.1) is 0 Å².